The Bertz CT molecular complexity index is 647. The normalized spacial score (nSPS) is 9.96. The minimum Gasteiger partial charge on any atom is -0.494 e. The first-order valence-electron chi connectivity index (χ1n) is 7.18. The van der Waals surface area contributed by atoms with Crippen LogP contribution in [0.15, 0.2) is 54.6 Å². The number of ether oxygens (including phenoxy) is 1. The quantitative estimate of drug-likeness (QED) is 0.611. The average Bonchev–Trinajstić information content (AvgIpc) is 2.54. The SMILES string of the molecule is O=C(CCCOc1ccc(Cl)cc1)NC(=S)Nc1ccccc1. The van der Waals surface area contributed by atoms with Gasteiger partial charge in [-0.15, -0.1) is 0 Å². The van der Waals surface area contributed by atoms with Crippen LogP contribution in [-0.2, 0) is 4.79 Å². The van der Waals surface area contributed by atoms with E-state index in [2.05, 4.69) is 10.6 Å². The lowest BCUT2D eigenvalue weighted by Gasteiger charge is -2.10. The second kappa shape index (κ2) is 9.12. The predicted octanol–water partition coefficient (Wildman–Crippen LogP) is 4.01. The molecule has 0 radical (unpaired) electrons. The molecular weight excluding hydrogens is 332 g/mol. The molecule has 0 aliphatic heterocycles. The van der Waals surface area contributed by atoms with Gasteiger partial charge in [-0.1, -0.05) is 29.8 Å². The summed E-state index contributed by atoms with van der Waals surface area (Å²) < 4.78 is 5.52. The molecular formula is C17H17ClN2O2S. The summed E-state index contributed by atoms with van der Waals surface area (Å²) in [4.78, 5) is 11.8. The van der Waals surface area contributed by atoms with Gasteiger partial charge in [-0.2, -0.15) is 0 Å². The molecule has 0 aliphatic rings. The molecule has 23 heavy (non-hydrogen) atoms. The smallest absolute Gasteiger partial charge is 0.226 e. The van der Waals surface area contributed by atoms with Crippen molar-refractivity contribution in [2.45, 2.75) is 12.8 Å². The molecule has 2 N–H and O–H groups in total. The lowest BCUT2D eigenvalue weighted by atomic mass is 10.3. The molecule has 0 aliphatic carbocycles. The van der Waals surface area contributed by atoms with E-state index in [-0.39, 0.29) is 5.91 Å². The Balaban J connectivity index is 1.63. The van der Waals surface area contributed by atoms with Crippen LogP contribution in [0.5, 0.6) is 5.75 Å². The summed E-state index contributed by atoms with van der Waals surface area (Å²) in [7, 11) is 0. The van der Waals surface area contributed by atoms with Crippen LogP contribution in [-0.4, -0.2) is 17.6 Å². The highest BCUT2D eigenvalue weighted by Gasteiger charge is 2.05. The number of rotatable bonds is 6. The van der Waals surface area contributed by atoms with Gasteiger partial charge in [0.2, 0.25) is 5.91 Å². The minimum atomic E-state index is -0.141. The molecule has 120 valence electrons. The highest BCUT2D eigenvalue weighted by molar-refractivity contribution is 7.80. The van der Waals surface area contributed by atoms with E-state index in [1.54, 1.807) is 24.3 Å². The zero-order valence-corrected chi connectivity index (χ0v) is 14.0. The van der Waals surface area contributed by atoms with E-state index in [4.69, 9.17) is 28.6 Å². The number of hydrogen-bond acceptors (Lipinski definition) is 3. The number of para-hydroxylation sites is 1. The topological polar surface area (TPSA) is 50.4 Å². The molecule has 0 atom stereocenters. The molecule has 2 aromatic carbocycles. The number of thiocarbonyl (C=S) groups is 1. The largest absolute Gasteiger partial charge is 0.494 e. The second-order valence-corrected chi connectivity index (χ2v) is 5.62. The lowest BCUT2D eigenvalue weighted by Crippen LogP contribution is -2.34. The van der Waals surface area contributed by atoms with Gasteiger partial charge in [-0.25, -0.2) is 0 Å². The van der Waals surface area contributed by atoms with Crippen molar-refractivity contribution in [3.05, 3.63) is 59.6 Å². The molecule has 0 aromatic heterocycles. The van der Waals surface area contributed by atoms with Gasteiger partial charge in [-0.3, -0.25) is 4.79 Å². The number of halogens is 1. The van der Waals surface area contributed by atoms with Gasteiger partial charge in [0, 0.05) is 17.1 Å². The fourth-order valence-corrected chi connectivity index (χ4v) is 2.18. The number of amides is 1. The Hall–Kier alpha value is -2.11. The first kappa shape index (κ1) is 17.2. The highest BCUT2D eigenvalue weighted by atomic mass is 35.5. The Morgan fingerprint density at radius 2 is 1.78 bits per heavy atom. The van der Waals surface area contributed by atoms with Gasteiger partial charge in [0.25, 0.3) is 0 Å². The molecule has 4 nitrogen and oxygen atoms in total. The van der Waals surface area contributed by atoms with E-state index in [0.717, 1.165) is 11.4 Å². The Kier molecular flexibility index (Phi) is 6.84. The van der Waals surface area contributed by atoms with Gasteiger partial charge in [-0.05, 0) is 55.0 Å². The van der Waals surface area contributed by atoms with Crippen molar-refractivity contribution < 1.29 is 9.53 Å². The minimum absolute atomic E-state index is 0.141. The van der Waals surface area contributed by atoms with Crippen LogP contribution in [0.1, 0.15) is 12.8 Å². The molecule has 0 saturated carbocycles. The molecule has 0 saturated heterocycles. The molecule has 0 unspecified atom stereocenters. The van der Waals surface area contributed by atoms with Gasteiger partial charge in [0.05, 0.1) is 6.61 Å². The third-order valence-electron chi connectivity index (χ3n) is 2.92. The second-order valence-electron chi connectivity index (χ2n) is 4.77. The van der Waals surface area contributed by atoms with Gasteiger partial charge in [0.15, 0.2) is 5.11 Å². The van der Waals surface area contributed by atoms with Crippen molar-refractivity contribution >= 4 is 40.5 Å². The fourth-order valence-electron chi connectivity index (χ4n) is 1.83. The van der Waals surface area contributed by atoms with E-state index in [1.165, 1.54) is 0 Å². The van der Waals surface area contributed by atoms with E-state index in [0.29, 0.717) is 29.6 Å². The summed E-state index contributed by atoms with van der Waals surface area (Å²) in [6.45, 7) is 0.452. The summed E-state index contributed by atoms with van der Waals surface area (Å²) in [6.07, 6.45) is 0.937. The summed E-state index contributed by atoms with van der Waals surface area (Å²) >= 11 is 10.9. The molecule has 6 heteroatoms. The fraction of sp³-hybridized carbons (Fsp3) is 0.176. The average molecular weight is 349 g/mol. The molecule has 0 spiro atoms. The zero-order chi connectivity index (χ0) is 16.5. The third kappa shape index (κ3) is 6.67. The first-order chi connectivity index (χ1) is 11.1. The maximum atomic E-state index is 11.8. The van der Waals surface area contributed by atoms with Gasteiger partial charge < -0.3 is 15.4 Å². The monoisotopic (exact) mass is 348 g/mol. The van der Waals surface area contributed by atoms with Gasteiger partial charge >= 0.3 is 0 Å². The molecule has 2 rings (SSSR count). The summed E-state index contributed by atoms with van der Waals surface area (Å²) in [5.74, 6) is 0.592. The van der Waals surface area contributed by atoms with E-state index < -0.39 is 0 Å². The van der Waals surface area contributed by atoms with Crippen LogP contribution in [0.25, 0.3) is 0 Å². The van der Waals surface area contributed by atoms with Crippen molar-refractivity contribution in [3.8, 4) is 5.75 Å². The molecule has 0 heterocycles. The third-order valence-corrected chi connectivity index (χ3v) is 3.37. The summed E-state index contributed by atoms with van der Waals surface area (Å²) in [6, 6.07) is 16.5. The number of carbonyl (C=O) groups excluding carboxylic acids is 1. The van der Waals surface area contributed by atoms with E-state index in [1.807, 2.05) is 30.3 Å². The van der Waals surface area contributed by atoms with Crippen molar-refractivity contribution in [1.29, 1.82) is 0 Å². The standard InChI is InChI=1S/C17H17ClN2O2S/c18-13-8-10-15(11-9-13)22-12-4-7-16(21)20-17(23)19-14-5-2-1-3-6-14/h1-3,5-6,8-11H,4,7,12H2,(H2,19,20,21,23). The van der Waals surface area contributed by atoms with Crippen molar-refractivity contribution in [2.75, 3.05) is 11.9 Å². The lowest BCUT2D eigenvalue weighted by molar-refractivity contribution is -0.119. The predicted molar refractivity (Wildman–Crippen MR) is 97.0 cm³/mol. The maximum absolute atomic E-state index is 11.8. The van der Waals surface area contributed by atoms with E-state index >= 15 is 0 Å². The Morgan fingerprint density at radius 3 is 2.48 bits per heavy atom. The van der Waals surface area contributed by atoms with Crippen LogP contribution < -0.4 is 15.4 Å². The highest BCUT2D eigenvalue weighted by Crippen LogP contribution is 2.15. The molecule has 1 amide bonds. The zero-order valence-electron chi connectivity index (χ0n) is 12.4. The van der Waals surface area contributed by atoms with Crippen LogP contribution >= 0.6 is 23.8 Å². The summed E-state index contributed by atoms with van der Waals surface area (Å²) in [5, 5.41) is 6.55. The van der Waals surface area contributed by atoms with Gasteiger partial charge in [0.1, 0.15) is 5.75 Å². The molecule has 0 bridgehead atoms. The van der Waals surface area contributed by atoms with Crippen molar-refractivity contribution in [1.82, 2.24) is 5.32 Å². The van der Waals surface area contributed by atoms with Crippen molar-refractivity contribution in [3.63, 3.8) is 0 Å². The Labute approximate surface area is 145 Å². The maximum Gasteiger partial charge on any atom is 0.226 e. The molecule has 0 fully saturated rings. The number of hydrogen-bond donors (Lipinski definition) is 2. The number of anilines is 1. The van der Waals surface area contributed by atoms with Crippen molar-refractivity contribution in [2.24, 2.45) is 0 Å². The van der Waals surface area contributed by atoms with Crippen LogP contribution in [0.2, 0.25) is 5.02 Å². The number of benzene rings is 2. The van der Waals surface area contributed by atoms with E-state index in [9.17, 15) is 4.79 Å². The molecule has 2 aromatic rings. The van der Waals surface area contributed by atoms with Crippen LogP contribution in [0.4, 0.5) is 5.69 Å². The Morgan fingerprint density at radius 1 is 1.09 bits per heavy atom. The van der Waals surface area contributed by atoms with Crippen LogP contribution in [0, 0.1) is 0 Å². The van der Waals surface area contributed by atoms with Crippen LogP contribution in [0.3, 0.4) is 0 Å². The number of carbonyl (C=O) groups is 1. The first-order valence-corrected chi connectivity index (χ1v) is 7.96. The summed E-state index contributed by atoms with van der Waals surface area (Å²) in [5.41, 5.74) is 0.837. The number of nitrogens with one attached hydrogen (secondary N) is 2.